The van der Waals surface area contributed by atoms with E-state index in [1.807, 2.05) is 30.3 Å². The van der Waals surface area contributed by atoms with Gasteiger partial charge in [-0.25, -0.2) is 4.79 Å². The summed E-state index contributed by atoms with van der Waals surface area (Å²) in [5.41, 5.74) is 0.928. The smallest absolute Gasteiger partial charge is 0.326 e. The number of amides is 1. The number of hydrogen-bond acceptors (Lipinski definition) is 2. The summed E-state index contributed by atoms with van der Waals surface area (Å²) >= 11 is 0. The number of carbonyl (C=O) groups is 2. The van der Waals surface area contributed by atoms with E-state index in [2.05, 4.69) is 0 Å². The molecule has 4 heteroatoms. The molecule has 1 atom stereocenters. The topological polar surface area (TPSA) is 57.6 Å². The van der Waals surface area contributed by atoms with E-state index in [-0.39, 0.29) is 5.91 Å². The third-order valence-corrected chi connectivity index (χ3v) is 3.04. The minimum absolute atomic E-state index is 0.233. The van der Waals surface area contributed by atoms with Gasteiger partial charge in [0.05, 0.1) is 0 Å². The predicted molar refractivity (Wildman–Crippen MR) is 67.8 cm³/mol. The minimum atomic E-state index is -0.922. The summed E-state index contributed by atoms with van der Waals surface area (Å²) in [6.45, 7) is 0.523. The Kier molecular flexibility index (Phi) is 3.77. The molecule has 0 aromatic heterocycles. The first-order chi connectivity index (χ1) is 8.68. The number of aliphatic carboxylic acids is 1. The molecule has 1 N–H and O–H groups in total. The number of carboxylic acid groups (broad SMARTS) is 1. The van der Waals surface area contributed by atoms with Gasteiger partial charge in [-0.2, -0.15) is 0 Å². The Labute approximate surface area is 106 Å². The van der Waals surface area contributed by atoms with E-state index in [1.54, 1.807) is 6.08 Å². The Morgan fingerprint density at radius 2 is 2.00 bits per heavy atom. The van der Waals surface area contributed by atoms with Gasteiger partial charge in [-0.05, 0) is 24.5 Å². The first kappa shape index (κ1) is 12.4. The lowest BCUT2D eigenvalue weighted by atomic mass is 10.2. The SMILES string of the molecule is O=C(O)[C@@H]1CCCN1C(=O)/C=C/c1ccccc1. The van der Waals surface area contributed by atoms with Crippen LogP contribution in [0, 0.1) is 0 Å². The molecule has 0 radical (unpaired) electrons. The molecule has 1 heterocycles. The summed E-state index contributed by atoms with van der Waals surface area (Å²) in [6.07, 6.45) is 4.44. The molecule has 1 aromatic rings. The van der Waals surface area contributed by atoms with Crippen LogP contribution in [-0.2, 0) is 9.59 Å². The van der Waals surface area contributed by atoms with Crippen LogP contribution in [0.2, 0.25) is 0 Å². The summed E-state index contributed by atoms with van der Waals surface area (Å²) in [7, 11) is 0. The molecule has 1 saturated heterocycles. The number of hydrogen-bond donors (Lipinski definition) is 1. The lowest BCUT2D eigenvalue weighted by molar-refractivity contribution is -0.146. The van der Waals surface area contributed by atoms with Crippen molar-refractivity contribution in [3.05, 3.63) is 42.0 Å². The summed E-state index contributed by atoms with van der Waals surface area (Å²) in [4.78, 5) is 24.3. The lowest BCUT2D eigenvalue weighted by Gasteiger charge is -2.19. The second kappa shape index (κ2) is 5.49. The monoisotopic (exact) mass is 245 g/mol. The van der Waals surface area contributed by atoms with E-state index in [0.717, 1.165) is 12.0 Å². The summed E-state index contributed by atoms with van der Waals surface area (Å²) in [6, 6.07) is 8.79. The molecule has 0 saturated carbocycles. The Balaban J connectivity index is 2.04. The van der Waals surface area contributed by atoms with Crippen molar-refractivity contribution < 1.29 is 14.7 Å². The van der Waals surface area contributed by atoms with Crippen LogP contribution in [0.1, 0.15) is 18.4 Å². The zero-order valence-corrected chi connectivity index (χ0v) is 9.95. The minimum Gasteiger partial charge on any atom is -0.480 e. The van der Waals surface area contributed by atoms with Crippen LogP contribution in [0.5, 0.6) is 0 Å². The van der Waals surface area contributed by atoms with Crippen molar-refractivity contribution in [2.45, 2.75) is 18.9 Å². The molecule has 0 unspecified atom stereocenters. The van der Waals surface area contributed by atoms with Gasteiger partial charge in [0.2, 0.25) is 5.91 Å². The van der Waals surface area contributed by atoms with Crippen molar-refractivity contribution in [3.63, 3.8) is 0 Å². The number of rotatable bonds is 3. The van der Waals surface area contributed by atoms with Crippen molar-refractivity contribution in [2.75, 3.05) is 6.54 Å². The van der Waals surface area contributed by atoms with Crippen LogP contribution < -0.4 is 0 Å². The maximum atomic E-state index is 11.9. The van der Waals surface area contributed by atoms with Crippen LogP contribution in [0.4, 0.5) is 0 Å². The molecular weight excluding hydrogens is 230 g/mol. The molecule has 1 fully saturated rings. The molecule has 0 bridgehead atoms. The van der Waals surface area contributed by atoms with E-state index in [0.29, 0.717) is 13.0 Å². The summed E-state index contributed by atoms with van der Waals surface area (Å²) in [5.74, 6) is -1.15. The van der Waals surface area contributed by atoms with E-state index in [4.69, 9.17) is 5.11 Å². The van der Waals surface area contributed by atoms with E-state index in [1.165, 1.54) is 11.0 Å². The molecule has 0 aliphatic carbocycles. The third kappa shape index (κ3) is 2.77. The number of likely N-dealkylation sites (tertiary alicyclic amines) is 1. The molecule has 1 aliphatic heterocycles. The van der Waals surface area contributed by atoms with Crippen molar-refractivity contribution in [2.24, 2.45) is 0 Å². The highest BCUT2D eigenvalue weighted by Gasteiger charge is 2.32. The first-order valence-electron chi connectivity index (χ1n) is 5.95. The molecular formula is C14H15NO3. The Hall–Kier alpha value is -2.10. The van der Waals surface area contributed by atoms with Crippen molar-refractivity contribution in [3.8, 4) is 0 Å². The molecule has 2 rings (SSSR count). The summed E-state index contributed by atoms with van der Waals surface area (Å²) < 4.78 is 0. The number of benzene rings is 1. The van der Waals surface area contributed by atoms with Gasteiger partial charge in [-0.15, -0.1) is 0 Å². The highest BCUT2D eigenvalue weighted by molar-refractivity contribution is 5.94. The molecule has 0 spiro atoms. The molecule has 18 heavy (non-hydrogen) atoms. The zero-order valence-electron chi connectivity index (χ0n) is 9.95. The van der Waals surface area contributed by atoms with Gasteiger partial charge in [-0.1, -0.05) is 30.3 Å². The Morgan fingerprint density at radius 3 is 2.67 bits per heavy atom. The Bertz CT molecular complexity index is 467. The molecule has 1 aliphatic rings. The van der Waals surface area contributed by atoms with Gasteiger partial charge in [0.25, 0.3) is 0 Å². The van der Waals surface area contributed by atoms with E-state index < -0.39 is 12.0 Å². The number of carboxylic acids is 1. The molecule has 4 nitrogen and oxygen atoms in total. The molecule has 1 amide bonds. The number of nitrogens with zero attached hydrogens (tertiary/aromatic N) is 1. The largest absolute Gasteiger partial charge is 0.480 e. The average molecular weight is 245 g/mol. The first-order valence-corrected chi connectivity index (χ1v) is 5.95. The average Bonchev–Trinajstić information content (AvgIpc) is 2.86. The fraction of sp³-hybridized carbons (Fsp3) is 0.286. The van der Waals surface area contributed by atoms with Crippen molar-refractivity contribution in [1.82, 2.24) is 4.90 Å². The van der Waals surface area contributed by atoms with Crippen LogP contribution in [-0.4, -0.2) is 34.5 Å². The van der Waals surface area contributed by atoms with Crippen molar-refractivity contribution in [1.29, 1.82) is 0 Å². The zero-order chi connectivity index (χ0) is 13.0. The lowest BCUT2D eigenvalue weighted by Crippen LogP contribution is -2.39. The maximum absolute atomic E-state index is 11.9. The van der Waals surface area contributed by atoms with Crippen molar-refractivity contribution >= 4 is 18.0 Å². The van der Waals surface area contributed by atoms with Crippen LogP contribution in [0.3, 0.4) is 0 Å². The standard InChI is InChI=1S/C14H15NO3/c16-13(9-8-11-5-2-1-3-6-11)15-10-4-7-12(15)14(17)18/h1-3,5-6,8-9,12H,4,7,10H2,(H,17,18)/b9-8+/t12-/m0/s1. The van der Waals surface area contributed by atoms with Gasteiger partial charge in [0.15, 0.2) is 0 Å². The predicted octanol–water partition coefficient (Wildman–Crippen LogP) is 1.78. The quantitative estimate of drug-likeness (QED) is 0.826. The molecule has 94 valence electrons. The van der Waals surface area contributed by atoms with Crippen LogP contribution >= 0.6 is 0 Å². The second-order valence-corrected chi connectivity index (χ2v) is 4.27. The number of carbonyl (C=O) groups excluding carboxylic acids is 1. The molecule has 1 aromatic carbocycles. The fourth-order valence-electron chi connectivity index (χ4n) is 2.11. The normalized spacial score (nSPS) is 19.3. The third-order valence-electron chi connectivity index (χ3n) is 3.04. The fourth-order valence-corrected chi connectivity index (χ4v) is 2.11. The Morgan fingerprint density at radius 1 is 1.28 bits per heavy atom. The van der Waals surface area contributed by atoms with Gasteiger partial charge in [-0.3, -0.25) is 4.79 Å². The second-order valence-electron chi connectivity index (χ2n) is 4.27. The van der Waals surface area contributed by atoms with Gasteiger partial charge in [0, 0.05) is 12.6 Å². The van der Waals surface area contributed by atoms with Crippen LogP contribution in [0.15, 0.2) is 36.4 Å². The van der Waals surface area contributed by atoms with E-state index in [9.17, 15) is 9.59 Å². The summed E-state index contributed by atoms with van der Waals surface area (Å²) in [5, 5.41) is 9.00. The van der Waals surface area contributed by atoms with Gasteiger partial charge in [0.1, 0.15) is 6.04 Å². The van der Waals surface area contributed by atoms with E-state index >= 15 is 0 Å². The highest BCUT2D eigenvalue weighted by atomic mass is 16.4. The maximum Gasteiger partial charge on any atom is 0.326 e. The van der Waals surface area contributed by atoms with Gasteiger partial charge >= 0.3 is 5.97 Å². The van der Waals surface area contributed by atoms with Gasteiger partial charge < -0.3 is 10.0 Å². The van der Waals surface area contributed by atoms with Crippen LogP contribution in [0.25, 0.3) is 6.08 Å². The highest BCUT2D eigenvalue weighted by Crippen LogP contribution is 2.18.